The first-order chi connectivity index (χ1) is 9.06. The van der Waals surface area contributed by atoms with Crippen LogP contribution in [0.4, 0.5) is 0 Å². The molecule has 0 atom stereocenters. The lowest BCUT2D eigenvalue weighted by atomic mass is 10.3. The molecule has 0 radical (unpaired) electrons. The van der Waals surface area contributed by atoms with E-state index >= 15 is 0 Å². The summed E-state index contributed by atoms with van der Waals surface area (Å²) in [6, 6.07) is 3.16. The Morgan fingerprint density at radius 1 is 1.37 bits per heavy atom. The highest BCUT2D eigenvalue weighted by atomic mass is 32.2. The molecule has 0 fully saturated rings. The molecule has 0 aliphatic carbocycles. The first-order valence-corrected chi connectivity index (χ1v) is 7.73. The van der Waals surface area contributed by atoms with Crippen LogP contribution in [0.2, 0.25) is 0 Å². The van der Waals surface area contributed by atoms with Crippen LogP contribution in [0, 0.1) is 0 Å². The second-order valence-corrected chi connectivity index (χ2v) is 5.79. The normalized spacial score (nSPS) is 12.0. The van der Waals surface area contributed by atoms with Crippen LogP contribution in [0.15, 0.2) is 23.4 Å². The maximum Gasteiger partial charge on any atom is 0.260 e. The van der Waals surface area contributed by atoms with E-state index in [1.807, 2.05) is 6.92 Å². The first-order valence-electron chi connectivity index (χ1n) is 6.29. The average Bonchev–Trinajstić information content (AvgIpc) is 2.43. The molecule has 0 spiro atoms. The number of nitrogens with two attached hydrogens (primary N) is 1. The number of hydrogen-bond acceptors (Lipinski definition) is 5. The van der Waals surface area contributed by atoms with Gasteiger partial charge in [-0.3, -0.25) is 0 Å². The van der Waals surface area contributed by atoms with Gasteiger partial charge in [0.1, 0.15) is 0 Å². The molecule has 7 heteroatoms. The monoisotopic (exact) mass is 287 g/mol. The van der Waals surface area contributed by atoms with Gasteiger partial charge < -0.3 is 10.5 Å². The molecule has 0 aliphatic rings. The van der Waals surface area contributed by atoms with Gasteiger partial charge >= 0.3 is 0 Å². The fraction of sp³-hybridized carbons (Fsp3) is 0.583. The van der Waals surface area contributed by atoms with Crippen LogP contribution < -0.4 is 5.73 Å². The Kier molecular flexibility index (Phi) is 6.36. The summed E-state index contributed by atoms with van der Waals surface area (Å²) in [6.45, 7) is 5.67. The van der Waals surface area contributed by atoms with Crippen LogP contribution in [-0.4, -0.2) is 44.0 Å². The largest absolute Gasteiger partial charge is 0.380 e. The summed E-state index contributed by atoms with van der Waals surface area (Å²) in [5, 5.41) is 0.0445. The van der Waals surface area contributed by atoms with Crippen LogP contribution in [0.3, 0.4) is 0 Å². The molecule has 2 N–H and O–H groups in total. The molecule has 1 aromatic rings. The maximum atomic E-state index is 12.3. The smallest absolute Gasteiger partial charge is 0.260 e. The fourth-order valence-electron chi connectivity index (χ4n) is 1.58. The van der Waals surface area contributed by atoms with E-state index in [0.29, 0.717) is 32.8 Å². The van der Waals surface area contributed by atoms with E-state index in [-0.39, 0.29) is 5.03 Å². The summed E-state index contributed by atoms with van der Waals surface area (Å²) in [6.07, 6.45) is 1.49. The van der Waals surface area contributed by atoms with E-state index in [1.165, 1.54) is 16.6 Å². The Hall–Kier alpha value is -1.02. The van der Waals surface area contributed by atoms with Crippen molar-refractivity contribution in [2.45, 2.75) is 25.4 Å². The minimum atomic E-state index is -3.56. The highest BCUT2D eigenvalue weighted by molar-refractivity contribution is 7.89. The molecule has 0 amide bonds. The zero-order valence-corrected chi connectivity index (χ0v) is 12.2. The molecular formula is C12H21N3O3S. The average molecular weight is 287 g/mol. The van der Waals surface area contributed by atoms with Crippen molar-refractivity contribution in [1.82, 2.24) is 9.29 Å². The van der Waals surface area contributed by atoms with E-state index in [9.17, 15) is 8.42 Å². The van der Waals surface area contributed by atoms with E-state index in [0.717, 1.165) is 5.56 Å². The van der Waals surface area contributed by atoms with Gasteiger partial charge in [0.15, 0.2) is 5.03 Å². The van der Waals surface area contributed by atoms with Gasteiger partial charge in [-0.1, -0.05) is 13.0 Å². The number of nitrogens with zero attached hydrogens (tertiary/aromatic N) is 2. The van der Waals surface area contributed by atoms with Crippen LogP contribution in [0.25, 0.3) is 0 Å². The van der Waals surface area contributed by atoms with Crippen molar-refractivity contribution in [3.63, 3.8) is 0 Å². The quantitative estimate of drug-likeness (QED) is 0.707. The molecule has 19 heavy (non-hydrogen) atoms. The number of pyridine rings is 1. The molecule has 108 valence electrons. The standard InChI is InChI=1S/C12H21N3O3S/c1-3-15(7-8-18-4-2)19(16,17)12-6-5-11(9-13)10-14-12/h5-6,10H,3-4,7-9,13H2,1-2H3. The molecule has 1 aromatic heterocycles. The SMILES string of the molecule is CCOCCN(CC)S(=O)(=O)c1ccc(CN)cn1. The minimum Gasteiger partial charge on any atom is -0.380 e. The number of ether oxygens (including phenoxy) is 1. The Morgan fingerprint density at radius 3 is 2.58 bits per heavy atom. The van der Waals surface area contributed by atoms with Gasteiger partial charge in [0.25, 0.3) is 10.0 Å². The van der Waals surface area contributed by atoms with Crippen molar-refractivity contribution >= 4 is 10.0 Å². The fourth-order valence-corrected chi connectivity index (χ4v) is 2.92. The van der Waals surface area contributed by atoms with Gasteiger partial charge in [0.05, 0.1) is 6.61 Å². The molecule has 0 aliphatic heterocycles. The molecule has 1 heterocycles. The maximum absolute atomic E-state index is 12.3. The highest BCUT2D eigenvalue weighted by Crippen LogP contribution is 2.13. The Bertz CT molecular complexity index is 473. The third kappa shape index (κ3) is 4.24. The Balaban J connectivity index is 2.86. The van der Waals surface area contributed by atoms with Crippen LogP contribution >= 0.6 is 0 Å². The lowest BCUT2D eigenvalue weighted by Gasteiger charge is -2.19. The van der Waals surface area contributed by atoms with E-state index in [1.54, 1.807) is 13.0 Å². The highest BCUT2D eigenvalue weighted by Gasteiger charge is 2.23. The van der Waals surface area contributed by atoms with Crippen molar-refractivity contribution in [2.24, 2.45) is 5.73 Å². The second-order valence-electron chi connectivity index (χ2n) is 3.90. The summed E-state index contributed by atoms with van der Waals surface area (Å²) in [5.41, 5.74) is 6.26. The van der Waals surface area contributed by atoms with Crippen molar-refractivity contribution in [3.05, 3.63) is 23.9 Å². The number of rotatable bonds is 8. The molecular weight excluding hydrogens is 266 g/mol. The topological polar surface area (TPSA) is 85.5 Å². The number of sulfonamides is 1. The summed E-state index contributed by atoms with van der Waals surface area (Å²) in [7, 11) is -3.56. The van der Waals surface area contributed by atoms with Gasteiger partial charge in [-0.2, -0.15) is 4.31 Å². The molecule has 0 saturated heterocycles. The molecule has 0 bridgehead atoms. The number of likely N-dealkylation sites (N-methyl/N-ethyl adjacent to an activating group) is 1. The third-order valence-electron chi connectivity index (χ3n) is 2.68. The van der Waals surface area contributed by atoms with Gasteiger partial charge in [-0.05, 0) is 18.6 Å². The van der Waals surface area contributed by atoms with Gasteiger partial charge in [0.2, 0.25) is 0 Å². The van der Waals surface area contributed by atoms with E-state index in [2.05, 4.69) is 4.98 Å². The molecule has 6 nitrogen and oxygen atoms in total. The summed E-state index contributed by atoms with van der Waals surface area (Å²) >= 11 is 0. The predicted octanol–water partition coefficient (Wildman–Crippen LogP) is 0.587. The zero-order valence-electron chi connectivity index (χ0n) is 11.4. The van der Waals surface area contributed by atoms with E-state index < -0.39 is 10.0 Å². The van der Waals surface area contributed by atoms with Gasteiger partial charge in [0, 0.05) is 32.4 Å². The number of aromatic nitrogens is 1. The first kappa shape index (κ1) is 16.0. The lowest BCUT2D eigenvalue weighted by molar-refractivity contribution is 0.135. The minimum absolute atomic E-state index is 0.0445. The molecule has 0 unspecified atom stereocenters. The Morgan fingerprint density at radius 2 is 2.11 bits per heavy atom. The lowest BCUT2D eigenvalue weighted by Crippen LogP contribution is -2.34. The molecule has 0 aromatic carbocycles. The molecule has 0 saturated carbocycles. The van der Waals surface area contributed by atoms with Crippen molar-refractivity contribution in [3.8, 4) is 0 Å². The molecule has 1 rings (SSSR count). The van der Waals surface area contributed by atoms with Crippen LogP contribution in [0.1, 0.15) is 19.4 Å². The van der Waals surface area contributed by atoms with Gasteiger partial charge in [-0.25, -0.2) is 13.4 Å². The number of hydrogen-bond donors (Lipinski definition) is 1. The zero-order chi connectivity index (χ0) is 14.3. The second kappa shape index (κ2) is 7.54. The summed E-state index contributed by atoms with van der Waals surface area (Å²) < 4.78 is 31.2. The van der Waals surface area contributed by atoms with Crippen LogP contribution in [0.5, 0.6) is 0 Å². The van der Waals surface area contributed by atoms with Crippen molar-refractivity contribution in [2.75, 3.05) is 26.3 Å². The third-order valence-corrected chi connectivity index (χ3v) is 4.57. The predicted molar refractivity (Wildman–Crippen MR) is 73.1 cm³/mol. The van der Waals surface area contributed by atoms with Gasteiger partial charge in [-0.15, -0.1) is 0 Å². The Labute approximate surface area is 114 Å². The van der Waals surface area contributed by atoms with Crippen molar-refractivity contribution < 1.29 is 13.2 Å². The van der Waals surface area contributed by atoms with Crippen molar-refractivity contribution in [1.29, 1.82) is 0 Å². The summed E-state index contributed by atoms with van der Waals surface area (Å²) in [4.78, 5) is 3.97. The summed E-state index contributed by atoms with van der Waals surface area (Å²) in [5.74, 6) is 0. The van der Waals surface area contributed by atoms with E-state index in [4.69, 9.17) is 10.5 Å². The van der Waals surface area contributed by atoms with Crippen LogP contribution in [-0.2, 0) is 21.3 Å².